The van der Waals surface area contributed by atoms with Crippen molar-refractivity contribution in [1.29, 1.82) is 0 Å². The molecule has 4 aromatic rings. The molecule has 2 aromatic heterocycles. The first-order chi connectivity index (χ1) is 14.6. The standard InChI is InChI=1S/C24H23N5O/c1-3-29-16-22(23(28-29)18-10-12-25-13-11-18)19-7-5-9-21(15-19)27-24(30)26-20-8-4-6-17(2)14-20/h4-16H,3H2,1-2H3,(H2,26,27,30). The molecule has 2 heterocycles. The van der Waals surface area contributed by atoms with Gasteiger partial charge in [-0.25, -0.2) is 4.79 Å². The van der Waals surface area contributed by atoms with Crippen molar-refractivity contribution >= 4 is 17.4 Å². The molecule has 0 aliphatic carbocycles. The van der Waals surface area contributed by atoms with Crippen LogP contribution in [0.15, 0.2) is 79.3 Å². The van der Waals surface area contributed by atoms with Gasteiger partial charge in [-0.15, -0.1) is 0 Å². The van der Waals surface area contributed by atoms with E-state index < -0.39 is 0 Å². The van der Waals surface area contributed by atoms with Crippen molar-refractivity contribution in [1.82, 2.24) is 14.8 Å². The third kappa shape index (κ3) is 4.38. The third-order valence-electron chi connectivity index (χ3n) is 4.75. The Morgan fingerprint density at radius 3 is 2.33 bits per heavy atom. The number of carbonyl (C=O) groups is 1. The highest BCUT2D eigenvalue weighted by molar-refractivity contribution is 6.00. The summed E-state index contributed by atoms with van der Waals surface area (Å²) in [5.74, 6) is 0. The van der Waals surface area contributed by atoms with Gasteiger partial charge in [-0.05, 0) is 61.4 Å². The fourth-order valence-corrected chi connectivity index (χ4v) is 3.30. The number of benzene rings is 2. The summed E-state index contributed by atoms with van der Waals surface area (Å²) in [4.78, 5) is 16.5. The fourth-order valence-electron chi connectivity index (χ4n) is 3.30. The van der Waals surface area contributed by atoms with Crippen LogP contribution in [0.4, 0.5) is 16.2 Å². The van der Waals surface area contributed by atoms with Crippen LogP contribution < -0.4 is 10.6 Å². The molecule has 150 valence electrons. The van der Waals surface area contributed by atoms with Crippen molar-refractivity contribution in [3.05, 3.63) is 84.8 Å². The normalized spacial score (nSPS) is 10.6. The molecule has 0 aliphatic rings. The molecule has 0 spiro atoms. The lowest BCUT2D eigenvalue weighted by Gasteiger charge is -2.10. The van der Waals surface area contributed by atoms with Gasteiger partial charge >= 0.3 is 6.03 Å². The molecule has 0 radical (unpaired) electrons. The van der Waals surface area contributed by atoms with Gasteiger partial charge in [0, 0.05) is 47.6 Å². The molecule has 30 heavy (non-hydrogen) atoms. The second-order valence-electron chi connectivity index (χ2n) is 7.01. The number of urea groups is 1. The van der Waals surface area contributed by atoms with Crippen molar-refractivity contribution in [2.75, 3.05) is 10.6 Å². The quantitative estimate of drug-likeness (QED) is 0.461. The molecule has 0 fully saturated rings. The lowest BCUT2D eigenvalue weighted by molar-refractivity contribution is 0.262. The number of aromatic nitrogens is 3. The van der Waals surface area contributed by atoms with Crippen molar-refractivity contribution < 1.29 is 4.79 Å². The van der Waals surface area contributed by atoms with Gasteiger partial charge in [0.2, 0.25) is 0 Å². The smallest absolute Gasteiger partial charge is 0.308 e. The number of hydrogen-bond donors (Lipinski definition) is 2. The summed E-state index contributed by atoms with van der Waals surface area (Å²) in [6.07, 6.45) is 5.55. The van der Waals surface area contributed by atoms with Crippen LogP contribution in [0, 0.1) is 6.92 Å². The number of nitrogens with zero attached hydrogens (tertiary/aromatic N) is 3. The number of hydrogen-bond acceptors (Lipinski definition) is 3. The molecular weight excluding hydrogens is 374 g/mol. The van der Waals surface area contributed by atoms with Gasteiger partial charge in [-0.2, -0.15) is 5.10 Å². The zero-order chi connectivity index (χ0) is 20.9. The lowest BCUT2D eigenvalue weighted by Crippen LogP contribution is -2.19. The van der Waals surface area contributed by atoms with E-state index in [1.165, 1.54) is 0 Å². The number of amides is 2. The second kappa shape index (κ2) is 8.61. The van der Waals surface area contributed by atoms with E-state index in [9.17, 15) is 4.79 Å². The Labute approximate surface area is 175 Å². The minimum absolute atomic E-state index is 0.281. The van der Waals surface area contributed by atoms with E-state index in [1.807, 2.05) is 78.5 Å². The van der Waals surface area contributed by atoms with Gasteiger partial charge in [0.15, 0.2) is 0 Å². The SMILES string of the molecule is CCn1cc(-c2cccc(NC(=O)Nc3cccc(C)c3)c2)c(-c2ccncc2)n1. The fraction of sp³-hybridized carbons (Fsp3) is 0.125. The number of carbonyl (C=O) groups excluding carboxylic acids is 1. The van der Waals surface area contributed by atoms with E-state index >= 15 is 0 Å². The van der Waals surface area contributed by atoms with Crippen LogP contribution in [0.1, 0.15) is 12.5 Å². The Morgan fingerprint density at radius 2 is 1.63 bits per heavy atom. The monoisotopic (exact) mass is 397 g/mol. The number of anilines is 2. The van der Waals surface area contributed by atoms with Gasteiger partial charge in [0.25, 0.3) is 0 Å². The van der Waals surface area contributed by atoms with Gasteiger partial charge < -0.3 is 10.6 Å². The molecular formula is C24H23N5O. The van der Waals surface area contributed by atoms with Crippen molar-refractivity contribution in [2.45, 2.75) is 20.4 Å². The molecule has 6 nitrogen and oxygen atoms in total. The van der Waals surface area contributed by atoms with Crippen molar-refractivity contribution in [2.24, 2.45) is 0 Å². The molecule has 4 rings (SSSR count). The van der Waals surface area contributed by atoms with E-state index in [2.05, 4.69) is 22.5 Å². The van der Waals surface area contributed by atoms with E-state index in [1.54, 1.807) is 12.4 Å². The summed E-state index contributed by atoms with van der Waals surface area (Å²) in [5.41, 5.74) is 6.44. The van der Waals surface area contributed by atoms with Crippen LogP contribution in [0.3, 0.4) is 0 Å². The van der Waals surface area contributed by atoms with Crippen molar-refractivity contribution in [3.63, 3.8) is 0 Å². The summed E-state index contributed by atoms with van der Waals surface area (Å²) in [7, 11) is 0. The molecule has 0 unspecified atom stereocenters. The first-order valence-electron chi connectivity index (χ1n) is 9.85. The molecule has 0 atom stereocenters. The number of pyridine rings is 1. The first-order valence-corrected chi connectivity index (χ1v) is 9.85. The molecule has 6 heteroatoms. The summed E-state index contributed by atoms with van der Waals surface area (Å²) in [5, 5.41) is 10.5. The predicted octanol–water partition coefficient (Wildman–Crippen LogP) is 5.58. The topological polar surface area (TPSA) is 71.8 Å². The maximum atomic E-state index is 12.4. The highest BCUT2D eigenvalue weighted by atomic mass is 16.2. The van der Waals surface area contributed by atoms with Crippen LogP contribution in [-0.4, -0.2) is 20.8 Å². The van der Waals surface area contributed by atoms with E-state index in [0.29, 0.717) is 5.69 Å². The Kier molecular flexibility index (Phi) is 5.57. The first kappa shape index (κ1) is 19.4. The summed E-state index contributed by atoms with van der Waals surface area (Å²) in [6, 6.07) is 19.1. The Hall–Kier alpha value is -3.93. The molecule has 2 aromatic carbocycles. The van der Waals surface area contributed by atoms with E-state index in [0.717, 1.165) is 40.2 Å². The average Bonchev–Trinajstić information content (AvgIpc) is 3.19. The third-order valence-corrected chi connectivity index (χ3v) is 4.75. The maximum absolute atomic E-state index is 12.4. The van der Waals surface area contributed by atoms with Crippen LogP contribution in [0.2, 0.25) is 0 Å². The van der Waals surface area contributed by atoms with Crippen LogP contribution in [0.25, 0.3) is 22.4 Å². The molecule has 0 saturated heterocycles. The molecule has 0 aliphatic heterocycles. The summed E-state index contributed by atoms with van der Waals surface area (Å²) < 4.78 is 1.91. The van der Waals surface area contributed by atoms with Gasteiger partial charge in [0.05, 0.1) is 0 Å². The summed E-state index contributed by atoms with van der Waals surface area (Å²) >= 11 is 0. The number of nitrogens with one attached hydrogen (secondary N) is 2. The maximum Gasteiger partial charge on any atom is 0.323 e. The lowest BCUT2D eigenvalue weighted by atomic mass is 10.0. The average molecular weight is 397 g/mol. The second-order valence-corrected chi connectivity index (χ2v) is 7.01. The summed E-state index contributed by atoms with van der Waals surface area (Å²) in [6.45, 7) is 4.82. The zero-order valence-electron chi connectivity index (χ0n) is 17.0. The van der Waals surface area contributed by atoms with Crippen LogP contribution in [-0.2, 0) is 6.54 Å². The van der Waals surface area contributed by atoms with Crippen LogP contribution >= 0.6 is 0 Å². The van der Waals surface area contributed by atoms with Gasteiger partial charge in [-0.1, -0.05) is 24.3 Å². The Morgan fingerprint density at radius 1 is 0.933 bits per heavy atom. The highest BCUT2D eigenvalue weighted by Gasteiger charge is 2.13. The molecule has 0 bridgehead atoms. The van der Waals surface area contributed by atoms with Gasteiger partial charge in [-0.3, -0.25) is 9.67 Å². The van der Waals surface area contributed by atoms with Crippen molar-refractivity contribution in [3.8, 4) is 22.4 Å². The van der Waals surface area contributed by atoms with Gasteiger partial charge in [0.1, 0.15) is 5.69 Å². The Balaban J connectivity index is 1.59. The largest absolute Gasteiger partial charge is 0.323 e. The van der Waals surface area contributed by atoms with E-state index in [-0.39, 0.29) is 6.03 Å². The predicted molar refractivity (Wildman–Crippen MR) is 120 cm³/mol. The zero-order valence-corrected chi connectivity index (χ0v) is 17.0. The van der Waals surface area contributed by atoms with E-state index in [4.69, 9.17) is 5.10 Å². The minimum Gasteiger partial charge on any atom is -0.308 e. The van der Waals surface area contributed by atoms with Crippen LogP contribution in [0.5, 0.6) is 0 Å². The highest BCUT2D eigenvalue weighted by Crippen LogP contribution is 2.32. The molecule has 2 N–H and O–H groups in total. The molecule has 0 saturated carbocycles. The number of aryl methyl sites for hydroxylation is 2. The minimum atomic E-state index is -0.281. The number of rotatable bonds is 5. The Bertz CT molecular complexity index is 1170. The molecule has 2 amide bonds.